The van der Waals surface area contributed by atoms with Crippen molar-refractivity contribution in [1.82, 2.24) is 49.3 Å². The van der Waals surface area contributed by atoms with Crippen LogP contribution in [0.15, 0.2) is 18.7 Å². The molecule has 0 aromatic carbocycles. The summed E-state index contributed by atoms with van der Waals surface area (Å²) in [6.07, 6.45) is 0.229. The Morgan fingerprint density at radius 3 is 2.62 bits per heavy atom. The molecule has 5 aromatic heterocycles. The zero-order chi connectivity index (χ0) is 23.9. The monoisotopic (exact) mass is 490 g/mol. The van der Waals surface area contributed by atoms with Crippen LogP contribution in [0.3, 0.4) is 0 Å². The van der Waals surface area contributed by atoms with Gasteiger partial charge in [-0.2, -0.15) is 23.4 Å². The van der Waals surface area contributed by atoms with Crippen molar-refractivity contribution < 1.29 is 17.9 Å². The molecule has 1 N–H and O–H groups in total. The van der Waals surface area contributed by atoms with E-state index in [0.29, 0.717) is 21.8 Å². The first-order chi connectivity index (χ1) is 16.1. The maximum absolute atomic E-state index is 13.4. The first-order valence-corrected chi connectivity index (χ1v) is 10.3. The lowest BCUT2D eigenvalue weighted by Crippen LogP contribution is -2.14. The molecule has 174 valence electrons. The van der Waals surface area contributed by atoms with Crippen LogP contribution in [0.4, 0.5) is 13.2 Å². The zero-order valence-electron chi connectivity index (χ0n) is 17.8. The van der Waals surface area contributed by atoms with Crippen LogP contribution in [0.2, 0.25) is 5.02 Å². The van der Waals surface area contributed by atoms with Crippen LogP contribution in [0, 0.1) is 6.92 Å². The first kappa shape index (κ1) is 20.7. The highest BCUT2D eigenvalue weighted by atomic mass is 35.5. The molecule has 1 atom stereocenters. The predicted octanol–water partition coefficient (Wildman–Crippen LogP) is 3.25. The Kier molecular flexibility index (Phi) is 4.12. The van der Waals surface area contributed by atoms with E-state index in [2.05, 4.69) is 35.5 Å². The fourth-order valence-electron chi connectivity index (χ4n) is 4.23. The number of nitrogens with zero attached hydrogens (tertiary/aromatic N) is 9. The average molecular weight is 491 g/mol. The third-order valence-electron chi connectivity index (χ3n) is 5.65. The Balaban J connectivity index is 1.59. The van der Waals surface area contributed by atoms with Crippen molar-refractivity contribution >= 4 is 17.2 Å². The number of alkyl halides is 3. The van der Waals surface area contributed by atoms with Gasteiger partial charge >= 0.3 is 6.18 Å². The van der Waals surface area contributed by atoms with Crippen LogP contribution in [0.25, 0.3) is 17.2 Å². The van der Waals surface area contributed by atoms with Crippen molar-refractivity contribution in [3.8, 4) is 23.3 Å². The van der Waals surface area contributed by atoms with Gasteiger partial charge in [-0.25, -0.2) is 14.5 Å². The maximum atomic E-state index is 13.4. The van der Waals surface area contributed by atoms with Gasteiger partial charge < -0.3 is 4.74 Å². The van der Waals surface area contributed by atoms with Gasteiger partial charge in [0.25, 0.3) is 0 Å². The number of fused-ring (bicyclic) bond motifs is 4. The molecule has 0 saturated heterocycles. The van der Waals surface area contributed by atoms with Gasteiger partial charge in [0.05, 0.1) is 17.7 Å². The number of rotatable bonds is 2. The highest BCUT2D eigenvalue weighted by molar-refractivity contribution is 6.33. The number of aromatic nitrogens is 10. The Labute approximate surface area is 193 Å². The summed E-state index contributed by atoms with van der Waals surface area (Å²) in [5.41, 5.74) is 1.99. The Bertz CT molecular complexity index is 1590. The van der Waals surface area contributed by atoms with Crippen LogP contribution in [-0.4, -0.2) is 49.3 Å². The lowest BCUT2D eigenvalue weighted by atomic mass is 9.86. The standard InChI is InChI=1S/C19H14ClF3N10O/c1-7-9-10(8-4-25-31(2)5-8)11-16-26-15(13-12(20)14(19(21,22)23)32(3)29-13)30-33(16)6-24-17(11)34-18(9)28-27-7/h4-6,10H,1-3H3,(H,27,28). The van der Waals surface area contributed by atoms with Gasteiger partial charge in [-0.05, 0) is 6.92 Å². The molecular formula is C19H14ClF3N10O. The van der Waals surface area contributed by atoms with E-state index in [9.17, 15) is 13.2 Å². The molecule has 15 heteroatoms. The van der Waals surface area contributed by atoms with Gasteiger partial charge in [0, 0.05) is 37.1 Å². The lowest BCUT2D eigenvalue weighted by Gasteiger charge is -2.24. The fourth-order valence-corrected chi connectivity index (χ4v) is 4.59. The van der Waals surface area contributed by atoms with Crippen molar-refractivity contribution in [2.24, 2.45) is 14.1 Å². The first-order valence-electron chi connectivity index (χ1n) is 9.90. The highest BCUT2D eigenvalue weighted by Gasteiger charge is 2.41. The lowest BCUT2D eigenvalue weighted by molar-refractivity contribution is -0.143. The predicted molar refractivity (Wildman–Crippen MR) is 111 cm³/mol. The minimum absolute atomic E-state index is 0.0778. The third kappa shape index (κ3) is 2.84. The normalized spacial score (nSPS) is 15.4. The van der Waals surface area contributed by atoms with Gasteiger partial charge in [0.15, 0.2) is 17.0 Å². The Morgan fingerprint density at radius 1 is 1.15 bits per heavy atom. The molecule has 0 amide bonds. The van der Waals surface area contributed by atoms with Crippen molar-refractivity contribution in [3.63, 3.8) is 0 Å². The summed E-state index contributed by atoms with van der Waals surface area (Å²) in [7, 11) is 2.95. The molecule has 6 rings (SSSR count). The summed E-state index contributed by atoms with van der Waals surface area (Å²) in [5, 5.41) is 19.1. The minimum atomic E-state index is -4.69. The van der Waals surface area contributed by atoms with E-state index in [-0.39, 0.29) is 17.4 Å². The average Bonchev–Trinajstić information content (AvgIpc) is 3.52. The molecule has 5 aromatic rings. The summed E-state index contributed by atoms with van der Waals surface area (Å²) < 4.78 is 49.9. The number of aromatic amines is 1. The molecule has 1 aliphatic rings. The molecule has 0 bridgehead atoms. The van der Waals surface area contributed by atoms with E-state index in [1.807, 2.05) is 13.1 Å². The van der Waals surface area contributed by atoms with E-state index >= 15 is 0 Å². The van der Waals surface area contributed by atoms with Crippen molar-refractivity contribution in [2.45, 2.75) is 19.0 Å². The quantitative estimate of drug-likeness (QED) is 0.396. The number of ether oxygens (including phenoxy) is 1. The summed E-state index contributed by atoms with van der Waals surface area (Å²) >= 11 is 6.06. The topological polar surface area (TPSA) is 117 Å². The van der Waals surface area contributed by atoms with Gasteiger partial charge in [-0.3, -0.25) is 14.5 Å². The highest BCUT2D eigenvalue weighted by Crippen LogP contribution is 2.48. The molecule has 6 heterocycles. The van der Waals surface area contributed by atoms with Crippen molar-refractivity contribution in [1.29, 1.82) is 0 Å². The number of halogens is 4. The van der Waals surface area contributed by atoms with Crippen molar-refractivity contribution in [3.05, 3.63) is 51.8 Å². The molecule has 0 aliphatic carbocycles. The van der Waals surface area contributed by atoms with Gasteiger partial charge in [-0.15, -0.1) is 10.2 Å². The summed E-state index contributed by atoms with van der Waals surface area (Å²) in [6, 6.07) is 0. The third-order valence-corrected chi connectivity index (χ3v) is 6.00. The maximum Gasteiger partial charge on any atom is 0.434 e. The second-order valence-electron chi connectivity index (χ2n) is 7.85. The number of aryl methyl sites for hydroxylation is 3. The Morgan fingerprint density at radius 2 is 1.94 bits per heavy atom. The van der Waals surface area contributed by atoms with Crippen LogP contribution in [-0.2, 0) is 20.3 Å². The molecular weight excluding hydrogens is 477 g/mol. The second-order valence-corrected chi connectivity index (χ2v) is 8.23. The van der Waals surface area contributed by atoms with E-state index in [1.54, 1.807) is 17.9 Å². The summed E-state index contributed by atoms with van der Waals surface area (Å²) in [6.45, 7) is 1.86. The zero-order valence-corrected chi connectivity index (χ0v) is 18.5. The molecule has 11 nitrogen and oxygen atoms in total. The van der Waals surface area contributed by atoms with E-state index in [0.717, 1.165) is 23.9 Å². The fraction of sp³-hybridized carbons (Fsp3) is 0.263. The number of hydrogen-bond donors (Lipinski definition) is 1. The molecule has 0 radical (unpaired) electrons. The minimum Gasteiger partial charge on any atom is -0.418 e. The SMILES string of the molecule is Cc1[nH]nc2c1C(c1cnn(C)c1)c1c(ncn3nc(-c4nn(C)c(C(F)(F)F)c4Cl)nc13)O2. The Hall–Kier alpha value is -3.94. The van der Waals surface area contributed by atoms with Crippen LogP contribution in [0.5, 0.6) is 11.8 Å². The molecule has 34 heavy (non-hydrogen) atoms. The molecule has 1 aliphatic heterocycles. The van der Waals surface area contributed by atoms with Crippen LogP contribution in [0.1, 0.15) is 34.0 Å². The van der Waals surface area contributed by atoms with Gasteiger partial charge in [-0.1, -0.05) is 11.6 Å². The van der Waals surface area contributed by atoms with E-state index in [4.69, 9.17) is 16.3 Å². The van der Waals surface area contributed by atoms with Gasteiger partial charge in [0.2, 0.25) is 17.6 Å². The number of H-pyrrole nitrogens is 1. The molecule has 0 spiro atoms. The van der Waals surface area contributed by atoms with Crippen LogP contribution >= 0.6 is 11.6 Å². The second kappa shape index (κ2) is 6.79. The van der Waals surface area contributed by atoms with Gasteiger partial charge in [0.1, 0.15) is 11.3 Å². The molecule has 0 saturated carbocycles. The largest absolute Gasteiger partial charge is 0.434 e. The number of nitrogens with one attached hydrogen (secondary N) is 1. The van der Waals surface area contributed by atoms with E-state index < -0.39 is 22.8 Å². The molecule has 0 fully saturated rings. The summed E-state index contributed by atoms with van der Waals surface area (Å²) in [5.74, 6) is 0.135. The summed E-state index contributed by atoms with van der Waals surface area (Å²) in [4.78, 5) is 8.86. The smallest absolute Gasteiger partial charge is 0.418 e. The van der Waals surface area contributed by atoms with Crippen LogP contribution < -0.4 is 4.74 Å². The number of hydrogen-bond acceptors (Lipinski definition) is 7. The van der Waals surface area contributed by atoms with Crippen molar-refractivity contribution in [2.75, 3.05) is 0 Å². The molecule has 1 unspecified atom stereocenters. The van der Waals surface area contributed by atoms with E-state index in [1.165, 1.54) is 10.8 Å².